The molecule has 806 valence electrons. The zero-order chi connectivity index (χ0) is 106. The highest BCUT2D eigenvalue weighted by atomic mass is 32.2. The van der Waals surface area contributed by atoms with Gasteiger partial charge < -0.3 is 160 Å². The van der Waals surface area contributed by atoms with E-state index in [1.54, 1.807) is 6.92 Å². The number of carbonyl (C=O) groups is 6. The number of nitrogens with two attached hydrogens (primary N) is 12. The van der Waals surface area contributed by atoms with Gasteiger partial charge in [-0.1, -0.05) is 38.5 Å². The predicted octanol–water partition coefficient (Wildman–Crippen LogP) is -17.6. The zero-order valence-corrected chi connectivity index (χ0v) is 82.6. The van der Waals surface area contributed by atoms with Crippen LogP contribution in [0, 0.1) is 35.5 Å². The first-order chi connectivity index (χ1) is 64.2. The van der Waals surface area contributed by atoms with Crippen LogP contribution in [0.1, 0.15) is 129 Å². The molecule has 19 atom stereocenters. The minimum atomic E-state index is -3.89. The molecule has 0 bridgehead atoms. The number of carboxylic acids is 6. The van der Waals surface area contributed by atoms with Crippen LogP contribution < -0.4 is 97.1 Å². The first-order valence-corrected chi connectivity index (χ1v) is 54.3. The Labute approximate surface area is 815 Å². The quantitative estimate of drug-likeness (QED) is 0.0252. The third-order valence-corrected chi connectivity index (χ3v) is 36.7. The third kappa shape index (κ3) is 34.8. The smallest absolute Gasteiger partial charge is 0.451 e. The van der Waals surface area contributed by atoms with E-state index in [4.69, 9.17) is 129 Å². The molecule has 5 saturated carbocycles. The summed E-state index contributed by atoms with van der Waals surface area (Å²) in [5.74, 6) is -11.3. The largest absolute Gasteiger partial charge is 0.480 e. The fourth-order valence-electron chi connectivity index (χ4n) is 17.0. The molecular formula is C68H144B6N24O36S6. The Morgan fingerprint density at radius 2 is 0.536 bits per heavy atom. The van der Waals surface area contributed by atoms with Crippen molar-refractivity contribution in [2.45, 2.75) is 253 Å². The van der Waals surface area contributed by atoms with Gasteiger partial charge in [0.05, 0.1) is 0 Å². The fourth-order valence-corrected chi connectivity index (χ4v) is 26.4. The number of nitrogens with one attached hydrogen (secondary N) is 6. The molecular weight excluding hydrogens is 1990 g/mol. The highest BCUT2D eigenvalue weighted by Crippen LogP contribution is 2.42. The van der Waals surface area contributed by atoms with Crippen molar-refractivity contribution < 1.29 is 170 Å². The van der Waals surface area contributed by atoms with Crippen molar-refractivity contribution in [2.24, 2.45) is 104 Å². The minimum absolute atomic E-state index is 0.0262. The van der Waals surface area contributed by atoms with E-state index in [-0.39, 0.29) is 211 Å². The summed E-state index contributed by atoms with van der Waals surface area (Å²) < 4.78 is 169. The van der Waals surface area contributed by atoms with E-state index in [1.165, 1.54) is 0 Å². The zero-order valence-electron chi connectivity index (χ0n) is 77.7. The van der Waals surface area contributed by atoms with Gasteiger partial charge in [0.1, 0.15) is 33.2 Å². The average molecular weight is 2130 g/mol. The van der Waals surface area contributed by atoms with Crippen LogP contribution in [0.25, 0.3) is 0 Å². The molecule has 0 spiro atoms. The van der Waals surface area contributed by atoms with Gasteiger partial charge >= 0.3 is 78.5 Å². The van der Waals surface area contributed by atoms with Gasteiger partial charge in [-0.3, -0.25) is 28.8 Å². The highest BCUT2D eigenvalue weighted by molar-refractivity contribution is 7.88. The Kier molecular flexibility index (Phi) is 44.5. The SMILES string of the molecule is C[C@H](CN)NS(=O)(=O)N1C[C@H](CCCB(O)O)[C@](N)(C(=O)O)C1.NC1(CNS(=O)(=O)N2C[C@H](CCCB(O)O)[C@](N)(C(=O)O)C2)CC1.NCC1(NS(=O)(=O)N2C[C@H](CCCB(O)O)[C@](N)(C(=O)O)C2)CC1.N[C@@H]1C[C@@H]1NS(=O)(=O)N1C[C@H](CCCB(O)O)[C@](N)(C(=O)O)C1.N[C@H]1C[C@@H]1NS(=O)(=O)N1C[C@H](CCCB(O)O)[C@](N)(C(=O)O)C1.N[C@H]1C[C@H]1NS(=O)(=O)N1C[C@H](CCCB(O)O)[C@](N)(C(=O)O)C1. The number of carboxylic acid groups (broad SMARTS) is 6. The van der Waals surface area contributed by atoms with Gasteiger partial charge in [0.2, 0.25) is 0 Å². The predicted molar refractivity (Wildman–Crippen MR) is 505 cm³/mol. The maximum Gasteiger partial charge on any atom is 0.451 e. The van der Waals surface area contributed by atoms with Crippen LogP contribution in [0.4, 0.5) is 0 Å². The summed E-state index contributed by atoms with van der Waals surface area (Å²) >= 11 is 0. The Balaban J connectivity index is 0.000000257. The number of nitrogens with zero attached hydrogens (tertiary/aromatic N) is 6. The molecule has 11 aliphatic rings. The second-order valence-corrected chi connectivity index (χ2v) is 49.1. The van der Waals surface area contributed by atoms with Crippen LogP contribution in [-0.4, -0.2) is 431 Å². The van der Waals surface area contributed by atoms with Crippen LogP contribution in [0.3, 0.4) is 0 Å². The Morgan fingerprint density at radius 3 is 0.707 bits per heavy atom. The van der Waals surface area contributed by atoms with Crippen molar-refractivity contribution in [3.8, 4) is 0 Å². The standard InChI is InChI=1S/2C12H25BN4O6S.3C11H23BN4O6S.C11H25BN4O6S/c14-11(3-4-11)7-16-24(22,23)17-6-9(2-1-5-13(20)21)12(15,8-17)10(18)19;14-7-11(3-4-11)16-24(22,23)17-6-9(2-1-5-13(20)21)12(15,8-17)10(18)19;3*13-8-4-9(8)15-23(21,22)16-5-7(2-1-3-12(19)20)11(14,6-16)10(17)18;1-8(5-13)15-23(21,22)16-6-9(3-2-4-12(19)20)11(14,7-16)10(17)18/h2*9,16,20-21H,1-8,14-15H2,(H,18,19);3*7-9,15,19-20H,1-6,13-14H2,(H,17,18);8-9,15,19-20H,2-7,13-14H2,1H3,(H,17,18)/t2*9-,12-;7-,8+,9-,11-;7-,8-,9+,11-;7-,8-,9-,11-;8-,9+,11+/m000001/s1. The Bertz CT molecular complexity index is 4520. The molecule has 6 heterocycles. The molecule has 0 unspecified atom stereocenters. The molecule has 6 saturated heterocycles. The van der Waals surface area contributed by atoms with E-state index in [9.17, 15) is 110 Å². The molecule has 5 aliphatic carbocycles. The van der Waals surface area contributed by atoms with E-state index in [0.717, 1.165) is 38.7 Å². The molecule has 0 radical (unpaired) electrons. The first-order valence-electron chi connectivity index (χ1n) is 45.6. The van der Waals surface area contributed by atoms with Crippen molar-refractivity contribution in [1.29, 1.82) is 0 Å². The van der Waals surface area contributed by atoms with Crippen LogP contribution in [-0.2, 0) is 90.0 Å². The van der Waals surface area contributed by atoms with Crippen molar-refractivity contribution in [1.82, 2.24) is 54.2 Å². The van der Waals surface area contributed by atoms with E-state index >= 15 is 0 Å². The fraction of sp³-hybridized carbons (Fsp3) is 0.912. The van der Waals surface area contributed by atoms with E-state index < -0.39 is 226 Å². The summed E-state index contributed by atoms with van der Waals surface area (Å²) in [6, 6.07) is -2.08. The van der Waals surface area contributed by atoms with Crippen molar-refractivity contribution in [3.63, 3.8) is 0 Å². The summed E-state index contributed by atoms with van der Waals surface area (Å²) in [6.07, 6.45) is 8.64. The molecule has 72 heteroatoms. The number of hydrogen-bond donors (Lipinski definition) is 36. The Hall–Kier alpha value is -4.53. The maximum atomic E-state index is 12.5. The lowest BCUT2D eigenvalue weighted by Crippen LogP contribution is -2.56. The van der Waals surface area contributed by atoms with Gasteiger partial charge in [-0.2, -0.15) is 99.9 Å². The molecule has 48 N–H and O–H groups in total. The van der Waals surface area contributed by atoms with E-state index in [0.29, 0.717) is 70.6 Å². The van der Waals surface area contributed by atoms with Gasteiger partial charge in [-0.25, -0.2) is 4.72 Å². The molecule has 0 amide bonds. The van der Waals surface area contributed by atoms with Crippen molar-refractivity contribution >= 4 is 140 Å². The lowest BCUT2D eigenvalue weighted by atomic mass is 9.78. The van der Waals surface area contributed by atoms with Crippen LogP contribution in [0.2, 0.25) is 37.9 Å². The Morgan fingerprint density at radius 1 is 0.336 bits per heavy atom. The molecule has 140 heavy (non-hydrogen) atoms. The molecule has 0 aromatic rings. The lowest BCUT2D eigenvalue weighted by molar-refractivity contribution is -0.145. The highest BCUT2D eigenvalue weighted by Gasteiger charge is 2.61. The second-order valence-electron chi connectivity index (χ2n) is 38.9. The van der Waals surface area contributed by atoms with E-state index in [1.807, 2.05) is 0 Å². The van der Waals surface area contributed by atoms with Crippen LogP contribution >= 0.6 is 0 Å². The first kappa shape index (κ1) is 124. The number of aliphatic carboxylic acids is 6. The van der Waals surface area contributed by atoms with E-state index in [2.05, 4.69) is 28.3 Å². The summed E-state index contributed by atoms with van der Waals surface area (Å²) in [6.45, 7) is -0.169. The molecule has 0 aromatic carbocycles. The minimum Gasteiger partial charge on any atom is -0.480 e. The molecule has 11 fully saturated rings. The summed E-state index contributed by atoms with van der Waals surface area (Å²) in [7, 11) is -32.1. The molecule has 0 aromatic heterocycles. The lowest BCUT2D eigenvalue weighted by Gasteiger charge is -2.25. The third-order valence-electron chi connectivity index (χ3n) is 27.3. The number of rotatable bonds is 51. The summed E-state index contributed by atoms with van der Waals surface area (Å²) in [5, 5.41) is 163. The summed E-state index contributed by atoms with van der Waals surface area (Å²) in [4.78, 5) is 69.1. The van der Waals surface area contributed by atoms with Gasteiger partial charge in [0, 0.05) is 187 Å². The second kappa shape index (κ2) is 50.2. The maximum absolute atomic E-state index is 12.5. The summed E-state index contributed by atoms with van der Waals surface area (Å²) in [5.41, 5.74) is 58.0. The molecule has 60 nitrogen and oxygen atoms in total. The topological polar surface area (TPSA) is 1080 Å². The van der Waals surface area contributed by atoms with Gasteiger partial charge in [0.15, 0.2) is 0 Å². The van der Waals surface area contributed by atoms with Crippen LogP contribution in [0.5, 0.6) is 0 Å². The molecule has 6 aliphatic heterocycles. The molecule has 11 rings (SSSR count). The van der Waals surface area contributed by atoms with Crippen LogP contribution in [0.15, 0.2) is 0 Å². The monoisotopic (exact) mass is 2130 g/mol. The van der Waals surface area contributed by atoms with Gasteiger partial charge in [0.25, 0.3) is 61.3 Å². The normalized spacial score (nSPS) is 31.6. The van der Waals surface area contributed by atoms with Gasteiger partial charge in [-0.15, -0.1) is 0 Å². The average Bonchev–Trinajstić information content (AvgIpc) is 1.59. The van der Waals surface area contributed by atoms with Crippen molar-refractivity contribution in [2.75, 3.05) is 98.2 Å². The van der Waals surface area contributed by atoms with Gasteiger partial charge in [-0.05, 0) is 128 Å². The van der Waals surface area contributed by atoms with Crippen molar-refractivity contribution in [3.05, 3.63) is 0 Å². The number of hydrogen-bond acceptors (Lipinski definition) is 42.